The van der Waals surface area contributed by atoms with Crippen molar-refractivity contribution in [1.82, 2.24) is 0 Å². The van der Waals surface area contributed by atoms with Gasteiger partial charge in [-0.1, -0.05) is 24.8 Å². The summed E-state index contributed by atoms with van der Waals surface area (Å²) in [5, 5.41) is 10.1. The highest BCUT2D eigenvalue weighted by Crippen LogP contribution is 2.32. The lowest BCUT2D eigenvalue weighted by Gasteiger charge is -2.22. The van der Waals surface area contributed by atoms with Crippen molar-refractivity contribution in [2.45, 2.75) is 18.9 Å². The van der Waals surface area contributed by atoms with Gasteiger partial charge in [0.05, 0.1) is 11.7 Å². The van der Waals surface area contributed by atoms with Gasteiger partial charge in [0.25, 0.3) is 0 Å². The fraction of sp³-hybridized carbons (Fsp3) is 0.231. The molecular weight excluding hydrogens is 234 g/mol. The van der Waals surface area contributed by atoms with Crippen molar-refractivity contribution in [3.05, 3.63) is 42.5 Å². The van der Waals surface area contributed by atoms with Gasteiger partial charge >= 0.3 is 11.9 Å². The monoisotopic (exact) mass is 247 g/mol. The van der Waals surface area contributed by atoms with E-state index in [2.05, 4.69) is 6.58 Å². The Balaban J connectivity index is 2.11. The lowest BCUT2D eigenvalue weighted by atomic mass is 10.3. The molecule has 1 aliphatic carbocycles. The van der Waals surface area contributed by atoms with E-state index in [1.807, 2.05) is 18.2 Å². The molecule has 1 aliphatic rings. The molecular formula is C13H13NO4. The summed E-state index contributed by atoms with van der Waals surface area (Å²) < 4.78 is 0. The average Bonchev–Trinajstić information content (AvgIpc) is 3.20. The van der Waals surface area contributed by atoms with Crippen molar-refractivity contribution in [1.29, 1.82) is 0 Å². The van der Waals surface area contributed by atoms with Crippen LogP contribution in [0.25, 0.3) is 0 Å². The van der Waals surface area contributed by atoms with Crippen LogP contribution in [0.1, 0.15) is 12.8 Å². The SMILES string of the molecule is C=C(C(=O)O)C(=O)ON(c1ccccc1)C1CC1. The summed E-state index contributed by atoms with van der Waals surface area (Å²) in [6.45, 7) is 3.18. The van der Waals surface area contributed by atoms with Crippen LogP contribution in [0.3, 0.4) is 0 Å². The number of anilines is 1. The number of hydroxylamine groups is 1. The summed E-state index contributed by atoms with van der Waals surface area (Å²) in [7, 11) is 0. The minimum absolute atomic E-state index is 0.123. The van der Waals surface area contributed by atoms with Gasteiger partial charge in [-0.15, -0.1) is 0 Å². The minimum Gasteiger partial charge on any atom is -0.477 e. The molecule has 1 aromatic carbocycles. The highest BCUT2D eigenvalue weighted by atomic mass is 16.7. The Morgan fingerprint density at radius 3 is 2.39 bits per heavy atom. The highest BCUT2D eigenvalue weighted by Gasteiger charge is 2.33. The molecule has 0 atom stereocenters. The fourth-order valence-corrected chi connectivity index (χ4v) is 1.45. The number of aliphatic carboxylic acids is 1. The first-order valence-electron chi connectivity index (χ1n) is 5.58. The van der Waals surface area contributed by atoms with Crippen LogP contribution < -0.4 is 5.06 Å². The molecule has 0 amide bonds. The largest absolute Gasteiger partial charge is 0.477 e. The van der Waals surface area contributed by atoms with Crippen LogP contribution in [0.2, 0.25) is 0 Å². The summed E-state index contributed by atoms with van der Waals surface area (Å²) in [6, 6.07) is 9.23. The third-order valence-electron chi connectivity index (χ3n) is 2.58. The Morgan fingerprint density at radius 2 is 1.89 bits per heavy atom. The van der Waals surface area contributed by atoms with E-state index in [0.29, 0.717) is 0 Å². The van der Waals surface area contributed by atoms with Gasteiger partial charge in [0, 0.05) is 0 Å². The van der Waals surface area contributed by atoms with Crippen LogP contribution in [0.5, 0.6) is 0 Å². The molecule has 0 bridgehead atoms. The van der Waals surface area contributed by atoms with Crippen LogP contribution in [-0.4, -0.2) is 23.1 Å². The molecule has 2 rings (SSSR count). The summed E-state index contributed by atoms with van der Waals surface area (Å²) in [5.41, 5.74) is 0.156. The Bertz CT molecular complexity index is 479. The van der Waals surface area contributed by atoms with Crippen molar-refractivity contribution in [3.63, 3.8) is 0 Å². The number of hydrogen-bond acceptors (Lipinski definition) is 4. The van der Waals surface area contributed by atoms with Crippen LogP contribution in [-0.2, 0) is 14.4 Å². The standard InChI is InChI=1S/C13H13NO4/c1-9(12(15)16)13(17)18-14(11-7-8-11)10-5-3-2-4-6-10/h2-6,11H,1,7-8H2,(H,15,16). The molecule has 5 heteroatoms. The van der Waals surface area contributed by atoms with E-state index in [4.69, 9.17) is 9.94 Å². The molecule has 0 saturated heterocycles. The maximum absolute atomic E-state index is 11.6. The first-order chi connectivity index (χ1) is 8.59. The Morgan fingerprint density at radius 1 is 1.28 bits per heavy atom. The van der Waals surface area contributed by atoms with Gasteiger partial charge in [0.2, 0.25) is 0 Å². The molecule has 1 saturated carbocycles. The predicted molar refractivity (Wildman–Crippen MR) is 64.8 cm³/mol. The quantitative estimate of drug-likeness (QED) is 0.371. The number of carboxylic acids is 1. The molecule has 18 heavy (non-hydrogen) atoms. The second kappa shape index (κ2) is 4.91. The zero-order chi connectivity index (χ0) is 13.1. The Labute approximate surface area is 104 Å². The van der Waals surface area contributed by atoms with E-state index in [0.717, 1.165) is 18.5 Å². The number of benzene rings is 1. The number of carbonyl (C=O) groups is 2. The zero-order valence-corrected chi connectivity index (χ0v) is 9.70. The van der Waals surface area contributed by atoms with Gasteiger partial charge in [-0.05, 0) is 25.0 Å². The molecule has 94 valence electrons. The molecule has 0 heterocycles. The van der Waals surface area contributed by atoms with Gasteiger partial charge in [0.15, 0.2) is 0 Å². The molecule has 0 radical (unpaired) electrons. The van der Waals surface area contributed by atoms with Crippen molar-refractivity contribution in [2.24, 2.45) is 0 Å². The third-order valence-corrected chi connectivity index (χ3v) is 2.58. The zero-order valence-electron chi connectivity index (χ0n) is 9.70. The van der Waals surface area contributed by atoms with Crippen LogP contribution in [0, 0.1) is 0 Å². The van der Waals surface area contributed by atoms with E-state index >= 15 is 0 Å². The maximum atomic E-state index is 11.6. The number of carboxylic acid groups (broad SMARTS) is 1. The lowest BCUT2D eigenvalue weighted by Crippen LogP contribution is -2.31. The summed E-state index contributed by atoms with van der Waals surface area (Å²) in [5.74, 6) is -2.30. The molecule has 0 spiro atoms. The van der Waals surface area contributed by atoms with Crippen molar-refractivity contribution < 1.29 is 19.5 Å². The third kappa shape index (κ3) is 2.68. The minimum atomic E-state index is -1.37. The molecule has 0 aromatic heterocycles. The predicted octanol–water partition coefficient (Wildman–Crippen LogP) is 1.75. The van der Waals surface area contributed by atoms with Crippen molar-refractivity contribution in [3.8, 4) is 0 Å². The average molecular weight is 247 g/mol. The molecule has 1 fully saturated rings. The fourth-order valence-electron chi connectivity index (χ4n) is 1.45. The highest BCUT2D eigenvalue weighted by molar-refractivity contribution is 6.12. The first kappa shape index (κ1) is 12.2. The van der Waals surface area contributed by atoms with Crippen LogP contribution >= 0.6 is 0 Å². The van der Waals surface area contributed by atoms with Gasteiger partial charge in [-0.25, -0.2) is 14.7 Å². The van der Waals surface area contributed by atoms with Gasteiger partial charge in [-0.2, -0.15) is 0 Å². The Kier molecular flexibility index (Phi) is 3.32. The Hall–Kier alpha value is -2.30. The second-order valence-electron chi connectivity index (χ2n) is 4.05. The number of para-hydroxylation sites is 1. The smallest absolute Gasteiger partial charge is 0.369 e. The number of rotatable bonds is 5. The summed E-state index contributed by atoms with van der Waals surface area (Å²) in [6.07, 6.45) is 1.84. The normalized spacial score (nSPS) is 13.8. The maximum Gasteiger partial charge on any atom is 0.369 e. The van der Waals surface area contributed by atoms with Gasteiger partial charge in [-0.3, -0.25) is 0 Å². The second-order valence-corrected chi connectivity index (χ2v) is 4.05. The van der Waals surface area contributed by atoms with E-state index < -0.39 is 17.5 Å². The van der Waals surface area contributed by atoms with E-state index in [1.54, 1.807) is 12.1 Å². The lowest BCUT2D eigenvalue weighted by molar-refractivity contribution is -0.145. The molecule has 0 unspecified atom stereocenters. The summed E-state index contributed by atoms with van der Waals surface area (Å²) in [4.78, 5) is 27.3. The van der Waals surface area contributed by atoms with Gasteiger partial charge < -0.3 is 9.94 Å². The van der Waals surface area contributed by atoms with Gasteiger partial charge in [0.1, 0.15) is 5.57 Å². The van der Waals surface area contributed by atoms with Crippen molar-refractivity contribution >= 4 is 17.6 Å². The topological polar surface area (TPSA) is 66.8 Å². The van der Waals surface area contributed by atoms with Crippen LogP contribution in [0.4, 0.5) is 5.69 Å². The number of hydrogen-bond donors (Lipinski definition) is 1. The van der Waals surface area contributed by atoms with E-state index in [1.165, 1.54) is 5.06 Å². The molecule has 1 aromatic rings. The molecule has 1 N–H and O–H groups in total. The summed E-state index contributed by atoms with van der Waals surface area (Å²) >= 11 is 0. The molecule has 5 nitrogen and oxygen atoms in total. The van der Waals surface area contributed by atoms with Crippen molar-refractivity contribution in [2.75, 3.05) is 5.06 Å². The van der Waals surface area contributed by atoms with E-state index in [9.17, 15) is 9.59 Å². The number of carbonyl (C=O) groups excluding carboxylic acids is 1. The number of nitrogens with zero attached hydrogens (tertiary/aromatic N) is 1. The molecule has 0 aliphatic heterocycles. The van der Waals surface area contributed by atoms with E-state index in [-0.39, 0.29) is 6.04 Å². The first-order valence-corrected chi connectivity index (χ1v) is 5.58. The van der Waals surface area contributed by atoms with Crippen LogP contribution in [0.15, 0.2) is 42.5 Å².